The molecule has 1 N–H and O–H groups in total. The molecule has 0 radical (unpaired) electrons. The molecule has 2 rings (SSSR count). The van der Waals surface area contributed by atoms with E-state index in [0.717, 1.165) is 12.0 Å². The zero-order valence-electron chi connectivity index (χ0n) is 9.89. The van der Waals surface area contributed by atoms with Crippen molar-refractivity contribution in [1.82, 2.24) is 19.7 Å². The van der Waals surface area contributed by atoms with E-state index >= 15 is 0 Å². The van der Waals surface area contributed by atoms with Crippen molar-refractivity contribution in [2.24, 2.45) is 0 Å². The molecule has 0 unspecified atom stereocenters. The summed E-state index contributed by atoms with van der Waals surface area (Å²) in [5, 5.41) is 7.64. The van der Waals surface area contributed by atoms with E-state index in [-0.39, 0.29) is 5.69 Å². The number of halogens is 1. The lowest BCUT2D eigenvalue weighted by Gasteiger charge is -2.04. The van der Waals surface area contributed by atoms with Crippen molar-refractivity contribution in [2.45, 2.75) is 30.8 Å². The maximum absolute atomic E-state index is 11.5. The number of nitrogens with zero attached hydrogens (tertiary/aromatic N) is 3. The zero-order valence-corrected chi connectivity index (χ0v) is 11.5. The molecular formula is C11H13ClN4OS. The second-order valence-corrected chi connectivity index (χ2v) is 5.01. The summed E-state index contributed by atoms with van der Waals surface area (Å²) >= 11 is 7.45. The van der Waals surface area contributed by atoms with Gasteiger partial charge < -0.3 is 0 Å². The lowest BCUT2D eigenvalue weighted by molar-refractivity contribution is 0.604. The Hall–Kier alpha value is -1.27. The molecule has 0 atom stereocenters. The van der Waals surface area contributed by atoms with E-state index in [1.807, 2.05) is 19.1 Å². The Morgan fingerprint density at radius 1 is 1.56 bits per heavy atom. The molecule has 0 aromatic carbocycles. The van der Waals surface area contributed by atoms with Gasteiger partial charge in [-0.1, -0.05) is 36.4 Å². The molecule has 18 heavy (non-hydrogen) atoms. The first-order valence-electron chi connectivity index (χ1n) is 5.59. The molecular weight excluding hydrogens is 272 g/mol. The fraction of sp³-hybridized carbons (Fsp3) is 0.364. The summed E-state index contributed by atoms with van der Waals surface area (Å²) in [4.78, 5) is 15.5. The van der Waals surface area contributed by atoms with Gasteiger partial charge in [0.2, 0.25) is 0 Å². The summed E-state index contributed by atoms with van der Waals surface area (Å²) in [6.45, 7) is 2.68. The summed E-state index contributed by atoms with van der Waals surface area (Å²) in [6.07, 6.45) is 2.54. The number of thioether (sulfide) groups is 1. The van der Waals surface area contributed by atoms with Crippen molar-refractivity contribution in [3.63, 3.8) is 0 Å². The van der Waals surface area contributed by atoms with Gasteiger partial charge in [-0.3, -0.25) is 4.57 Å². The van der Waals surface area contributed by atoms with Gasteiger partial charge in [0.05, 0.1) is 0 Å². The Bertz CT molecular complexity index is 580. The summed E-state index contributed by atoms with van der Waals surface area (Å²) in [7, 11) is 0. The van der Waals surface area contributed by atoms with Crippen LogP contribution in [-0.2, 0) is 12.3 Å². The van der Waals surface area contributed by atoms with Crippen LogP contribution in [0, 0.1) is 0 Å². The highest BCUT2D eigenvalue weighted by Gasteiger charge is 2.09. The van der Waals surface area contributed by atoms with Crippen LogP contribution < -0.4 is 5.69 Å². The van der Waals surface area contributed by atoms with Gasteiger partial charge in [-0.15, -0.1) is 5.10 Å². The molecule has 5 nitrogen and oxygen atoms in total. The third-order valence-electron chi connectivity index (χ3n) is 2.36. The Morgan fingerprint density at radius 3 is 3.11 bits per heavy atom. The van der Waals surface area contributed by atoms with E-state index in [9.17, 15) is 4.79 Å². The molecule has 0 amide bonds. The first-order valence-corrected chi connectivity index (χ1v) is 6.96. The van der Waals surface area contributed by atoms with Crippen LogP contribution in [0.2, 0.25) is 5.15 Å². The number of H-pyrrole nitrogens is 1. The van der Waals surface area contributed by atoms with Gasteiger partial charge in [-0.2, -0.15) is 0 Å². The number of pyridine rings is 1. The lowest BCUT2D eigenvalue weighted by Crippen LogP contribution is -2.17. The van der Waals surface area contributed by atoms with Crippen LogP contribution in [0.25, 0.3) is 0 Å². The van der Waals surface area contributed by atoms with Crippen LogP contribution >= 0.6 is 23.4 Å². The second-order valence-electron chi connectivity index (χ2n) is 3.70. The predicted octanol–water partition coefficient (Wildman–Crippen LogP) is 2.32. The molecule has 96 valence electrons. The number of nitrogens with one attached hydrogen (secondary N) is 1. The van der Waals surface area contributed by atoms with E-state index in [1.54, 1.807) is 10.8 Å². The zero-order chi connectivity index (χ0) is 13.0. The topological polar surface area (TPSA) is 63.6 Å². The first kappa shape index (κ1) is 13.2. The summed E-state index contributed by atoms with van der Waals surface area (Å²) in [6, 6.07) is 3.75. The van der Waals surface area contributed by atoms with Crippen LogP contribution in [0.15, 0.2) is 28.3 Å². The SMILES string of the molecule is CCCn1c(SCc2cccnc2Cl)n[nH]c1=O. The first-order chi connectivity index (χ1) is 8.72. The highest BCUT2D eigenvalue weighted by atomic mass is 35.5. The standard InChI is InChI=1S/C11H13ClN4OS/c1-2-6-16-10(17)14-15-11(16)18-7-8-4-3-5-13-9(8)12/h3-5H,2,6-7H2,1H3,(H,14,17). The Balaban J connectivity index is 2.11. The molecule has 2 aromatic rings. The second kappa shape index (κ2) is 6.06. The van der Waals surface area contributed by atoms with Crippen LogP contribution in [-0.4, -0.2) is 19.7 Å². The molecule has 0 spiro atoms. The number of hydrogen-bond donors (Lipinski definition) is 1. The molecule has 0 aliphatic rings. The molecule has 0 bridgehead atoms. The smallest absolute Gasteiger partial charge is 0.270 e. The largest absolute Gasteiger partial charge is 0.343 e. The highest BCUT2D eigenvalue weighted by Crippen LogP contribution is 2.23. The fourth-order valence-electron chi connectivity index (χ4n) is 1.50. The van der Waals surface area contributed by atoms with Gasteiger partial charge in [0.1, 0.15) is 5.15 Å². The normalized spacial score (nSPS) is 10.8. The minimum absolute atomic E-state index is 0.170. The third-order valence-corrected chi connectivity index (χ3v) is 3.73. The number of aromatic nitrogens is 4. The lowest BCUT2D eigenvalue weighted by atomic mass is 10.3. The highest BCUT2D eigenvalue weighted by molar-refractivity contribution is 7.98. The maximum Gasteiger partial charge on any atom is 0.343 e. The van der Waals surface area contributed by atoms with Crippen molar-refractivity contribution in [1.29, 1.82) is 0 Å². The summed E-state index contributed by atoms with van der Waals surface area (Å²) in [5.74, 6) is 0.640. The van der Waals surface area contributed by atoms with Gasteiger partial charge >= 0.3 is 5.69 Å². The molecule has 0 aliphatic carbocycles. The van der Waals surface area contributed by atoms with Crippen LogP contribution in [0.5, 0.6) is 0 Å². The van der Waals surface area contributed by atoms with E-state index < -0.39 is 0 Å². The monoisotopic (exact) mass is 284 g/mol. The average Bonchev–Trinajstić information content (AvgIpc) is 2.71. The number of hydrogen-bond acceptors (Lipinski definition) is 4. The van der Waals surface area contributed by atoms with E-state index in [2.05, 4.69) is 15.2 Å². The van der Waals surface area contributed by atoms with E-state index in [0.29, 0.717) is 22.6 Å². The van der Waals surface area contributed by atoms with Gasteiger partial charge in [-0.05, 0) is 18.1 Å². The summed E-state index contributed by atoms with van der Waals surface area (Å²) < 4.78 is 1.63. The van der Waals surface area contributed by atoms with Gasteiger partial charge in [0.25, 0.3) is 0 Å². The molecule has 0 aliphatic heterocycles. The van der Waals surface area contributed by atoms with Crippen molar-refractivity contribution >= 4 is 23.4 Å². The fourth-order valence-corrected chi connectivity index (χ4v) is 2.73. The Kier molecular flexibility index (Phi) is 4.43. The number of rotatable bonds is 5. The average molecular weight is 285 g/mol. The Labute approximate surface area is 114 Å². The number of aromatic amines is 1. The molecule has 2 aromatic heterocycles. The van der Waals surface area contributed by atoms with Crippen molar-refractivity contribution in [3.05, 3.63) is 39.5 Å². The Morgan fingerprint density at radius 2 is 2.39 bits per heavy atom. The third kappa shape index (κ3) is 2.94. The van der Waals surface area contributed by atoms with Crippen LogP contribution in [0.3, 0.4) is 0 Å². The van der Waals surface area contributed by atoms with Crippen molar-refractivity contribution < 1.29 is 0 Å². The van der Waals surface area contributed by atoms with Crippen LogP contribution in [0.4, 0.5) is 0 Å². The molecule has 2 heterocycles. The van der Waals surface area contributed by atoms with Crippen LogP contribution in [0.1, 0.15) is 18.9 Å². The quantitative estimate of drug-likeness (QED) is 0.676. The maximum atomic E-state index is 11.5. The van der Waals surface area contributed by atoms with Crippen molar-refractivity contribution in [3.8, 4) is 0 Å². The van der Waals surface area contributed by atoms with Gasteiger partial charge in [0, 0.05) is 18.5 Å². The molecule has 0 saturated carbocycles. The minimum Gasteiger partial charge on any atom is -0.270 e. The summed E-state index contributed by atoms with van der Waals surface area (Å²) in [5.41, 5.74) is 0.763. The molecule has 0 fully saturated rings. The van der Waals surface area contributed by atoms with Crippen molar-refractivity contribution in [2.75, 3.05) is 0 Å². The van der Waals surface area contributed by atoms with E-state index in [4.69, 9.17) is 11.6 Å². The molecule has 0 saturated heterocycles. The van der Waals surface area contributed by atoms with Gasteiger partial charge in [-0.25, -0.2) is 14.9 Å². The molecule has 7 heteroatoms. The van der Waals surface area contributed by atoms with E-state index in [1.165, 1.54) is 11.8 Å². The predicted molar refractivity (Wildman–Crippen MR) is 71.9 cm³/mol. The minimum atomic E-state index is -0.170. The van der Waals surface area contributed by atoms with Gasteiger partial charge in [0.15, 0.2) is 5.16 Å².